The first-order chi connectivity index (χ1) is 9.95. The Bertz CT molecular complexity index is 720. The van der Waals surface area contributed by atoms with E-state index in [1.54, 1.807) is 30.3 Å². The molecule has 0 saturated carbocycles. The first kappa shape index (κ1) is 16.3. The van der Waals surface area contributed by atoms with Crippen molar-refractivity contribution in [2.24, 2.45) is 0 Å². The predicted octanol–water partition coefficient (Wildman–Crippen LogP) is 3.01. The van der Waals surface area contributed by atoms with Crippen LogP contribution in [-0.4, -0.2) is 20.1 Å². The number of rotatable bonds is 5. The third kappa shape index (κ3) is 3.75. The number of halogens is 2. The second-order valence-corrected chi connectivity index (χ2v) is 6.79. The van der Waals surface area contributed by atoms with Crippen LogP contribution in [0.4, 0.5) is 0 Å². The van der Waals surface area contributed by atoms with E-state index >= 15 is 0 Å². The zero-order valence-electron chi connectivity index (χ0n) is 10.8. The molecule has 0 aliphatic carbocycles. The molecule has 0 aromatic heterocycles. The largest absolute Gasteiger partial charge is 0.394 e. The molecule has 0 unspecified atom stereocenters. The minimum absolute atomic E-state index is 0.0450. The Morgan fingerprint density at radius 2 is 1.71 bits per heavy atom. The Morgan fingerprint density at radius 3 is 2.33 bits per heavy atom. The Hall–Kier alpha value is -1.11. The van der Waals surface area contributed by atoms with Gasteiger partial charge in [0.1, 0.15) is 4.90 Å². The number of benzene rings is 2. The number of hydrogen-bond donors (Lipinski definition) is 2. The van der Waals surface area contributed by atoms with Gasteiger partial charge in [-0.3, -0.25) is 0 Å². The molecule has 0 saturated heterocycles. The molecular weight excluding hydrogens is 333 g/mol. The number of nitrogens with one attached hydrogen (secondary N) is 1. The molecule has 0 aliphatic heterocycles. The van der Waals surface area contributed by atoms with Crippen LogP contribution in [0.1, 0.15) is 11.6 Å². The summed E-state index contributed by atoms with van der Waals surface area (Å²) >= 11 is 11.8. The van der Waals surface area contributed by atoms with E-state index in [2.05, 4.69) is 4.72 Å². The van der Waals surface area contributed by atoms with Gasteiger partial charge in [-0.15, -0.1) is 0 Å². The van der Waals surface area contributed by atoms with E-state index in [4.69, 9.17) is 23.2 Å². The van der Waals surface area contributed by atoms with Crippen molar-refractivity contribution >= 4 is 33.2 Å². The highest BCUT2D eigenvalue weighted by Crippen LogP contribution is 2.29. The van der Waals surface area contributed by atoms with E-state index in [0.29, 0.717) is 5.56 Å². The van der Waals surface area contributed by atoms with Crippen molar-refractivity contribution in [3.05, 3.63) is 64.1 Å². The summed E-state index contributed by atoms with van der Waals surface area (Å²) in [5, 5.41) is 9.54. The maximum Gasteiger partial charge on any atom is 0.242 e. The van der Waals surface area contributed by atoms with Crippen LogP contribution in [0.25, 0.3) is 0 Å². The molecule has 0 fully saturated rings. The highest BCUT2D eigenvalue weighted by molar-refractivity contribution is 7.89. The van der Waals surface area contributed by atoms with Gasteiger partial charge in [0.05, 0.1) is 22.7 Å². The maximum absolute atomic E-state index is 12.4. The fourth-order valence-electron chi connectivity index (χ4n) is 1.84. The van der Waals surface area contributed by atoms with Crippen LogP contribution in [0.3, 0.4) is 0 Å². The lowest BCUT2D eigenvalue weighted by atomic mass is 10.1. The highest BCUT2D eigenvalue weighted by Gasteiger charge is 2.24. The Morgan fingerprint density at radius 1 is 1.05 bits per heavy atom. The van der Waals surface area contributed by atoms with Crippen molar-refractivity contribution in [1.29, 1.82) is 0 Å². The summed E-state index contributed by atoms with van der Waals surface area (Å²) in [7, 11) is -3.90. The molecular formula is C14H13Cl2NO3S. The fraction of sp³-hybridized carbons (Fsp3) is 0.143. The van der Waals surface area contributed by atoms with Crippen LogP contribution in [0.2, 0.25) is 10.0 Å². The Balaban J connectivity index is 2.34. The highest BCUT2D eigenvalue weighted by atomic mass is 35.5. The standard InChI is InChI=1S/C14H13Cl2NO3S/c15-11-7-4-8-13(14(11)16)21(19,20)17-12(9-18)10-5-2-1-3-6-10/h1-8,12,17-18H,9H2/t12-/m1/s1. The monoisotopic (exact) mass is 345 g/mol. The van der Waals surface area contributed by atoms with Gasteiger partial charge in [-0.05, 0) is 17.7 Å². The summed E-state index contributed by atoms with van der Waals surface area (Å²) in [6.45, 7) is -0.374. The van der Waals surface area contributed by atoms with E-state index in [0.717, 1.165) is 0 Å². The quantitative estimate of drug-likeness (QED) is 0.875. The molecule has 0 aliphatic rings. The van der Waals surface area contributed by atoms with E-state index in [1.807, 2.05) is 0 Å². The smallest absolute Gasteiger partial charge is 0.242 e. The van der Waals surface area contributed by atoms with Gasteiger partial charge in [0.2, 0.25) is 10.0 Å². The molecule has 2 rings (SSSR count). The second kappa shape index (κ2) is 6.77. The number of aliphatic hydroxyl groups excluding tert-OH is 1. The van der Waals surface area contributed by atoms with E-state index in [-0.39, 0.29) is 21.5 Å². The number of sulfonamides is 1. The van der Waals surface area contributed by atoms with Crippen molar-refractivity contribution in [1.82, 2.24) is 4.72 Å². The molecule has 2 aromatic rings. The fourth-order valence-corrected chi connectivity index (χ4v) is 3.82. The second-order valence-electron chi connectivity index (χ2n) is 4.32. The van der Waals surface area contributed by atoms with Gasteiger partial charge in [0, 0.05) is 0 Å². The van der Waals surface area contributed by atoms with Crippen LogP contribution in [0.5, 0.6) is 0 Å². The van der Waals surface area contributed by atoms with Crippen LogP contribution < -0.4 is 4.72 Å². The Kier molecular flexibility index (Phi) is 5.24. The average molecular weight is 346 g/mol. The third-order valence-corrected chi connectivity index (χ3v) is 5.33. The van der Waals surface area contributed by atoms with Crippen molar-refractivity contribution in [2.75, 3.05) is 6.61 Å². The van der Waals surface area contributed by atoms with Crippen molar-refractivity contribution in [3.63, 3.8) is 0 Å². The van der Waals surface area contributed by atoms with Crippen molar-refractivity contribution in [3.8, 4) is 0 Å². The predicted molar refractivity (Wildman–Crippen MR) is 83.1 cm³/mol. The molecule has 0 radical (unpaired) electrons. The molecule has 7 heteroatoms. The first-order valence-electron chi connectivity index (χ1n) is 6.08. The first-order valence-corrected chi connectivity index (χ1v) is 8.32. The maximum atomic E-state index is 12.4. The molecule has 1 atom stereocenters. The molecule has 0 amide bonds. The van der Waals surface area contributed by atoms with E-state index in [1.165, 1.54) is 18.2 Å². The summed E-state index contributed by atoms with van der Waals surface area (Å²) in [4.78, 5) is -0.119. The summed E-state index contributed by atoms with van der Waals surface area (Å²) in [6, 6.07) is 12.4. The van der Waals surface area contributed by atoms with Gasteiger partial charge in [0.15, 0.2) is 0 Å². The minimum Gasteiger partial charge on any atom is -0.394 e. The normalized spacial score (nSPS) is 13.1. The van der Waals surface area contributed by atoms with Crippen LogP contribution in [-0.2, 0) is 10.0 Å². The Labute approximate surface area is 133 Å². The van der Waals surface area contributed by atoms with Gasteiger partial charge >= 0.3 is 0 Å². The molecule has 21 heavy (non-hydrogen) atoms. The zero-order chi connectivity index (χ0) is 15.5. The SMILES string of the molecule is O=S(=O)(N[C@H](CO)c1ccccc1)c1cccc(Cl)c1Cl. The molecule has 0 heterocycles. The molecule has 2 N–H and O–H groups in total. The summed E-state index contributed by atoms with van der Waals surface area (Å²) in [6.07, 6.45) is 0. The van der Waals surface area contributed by atoms with Crippen LogP contribution >= 0.6 is 23.2 Å². The summed E-state index contributed by atoms with van der Waals surface area (Å²) < 4.78 is 27.2. The summed E-state index contributed by atoms with van der Waals surface area (Å²) in [5.41, 5.74) is 0.654. The minimum atomic E-state index is -3.90. The third-order valence-electron chi connectivity index (χ3n) is 2.89. The molecule has 4 nitrogen and oxygen atoms in total. The lowest BCUT2D eigenvalue weighted by molar-refractivity contribution is 0.259. The molecule has 2 aromatic carbocycles. The zero-order valence-corrected chi connectivity index (χ0v) is 13.2. The number of aliphatic hydroxyl groups is 1. The molecule has 112 valence electrons. The van der Waals surface area contributed by atoms with Gasteiger partial charge in [0.25, 0.3) is 0 Å². The molecule has 0 bridgehead atoms. The van der Waals surface area contributed by atoms with Crippen molar-refractivity contribution in [2.45, 2.75) is 10.9 Å². The van der Waals surface area contributed by atoms with Gasteiger partial charge in [-0.25, -0.2) is 13.1 Å². The topological polar surface area (TPSA) is 66.4 Å². The van der Waals surface area contributed by atoms with Crippen molar-refractivity contribution < 1.29 is 13.5 Å². The average Bonchev–Trinajstić information content (AvgIpc) is 2.48. The van der Waals surface area contributed by atoms with E-state index < -0.39 is 16.1 Å². The molecule has 0 spiro atoms. The number of hydrogen-bond acceptors (Lipinski definition) is 3. The van der Waals surface area contributed by atoms with Gasteiger partial charge < -0.3 is 5.11 Å². The van der Waals surface area contributed by atoms with Gasteiger partial charge in [-0.2, -0.15) is 0 Å². The summed E-state index contributed by atoms with van der Waals surface area (Å²) in [5.74, 6) is 0. The van der Waals surface area contributed by atoms with Crippen LogP contribution in [0.15, 0.2) is 53.4 Å². The lowest BCUT2D eigenvalue weighted by Gasteiger charge is -2.17. The van der Waals surface area contributed by atoms with Crippen LogP contribution in [0, 0.1) is 0 Å². The van der Waals surface area contributed by atoms with Gasteiger partial charge in [-0.1, -0.05) is 59.6 Å². The lowest BCUT2D eigenvalue weighted by Crippen LogP contribution is -2.31. The van der Waals surface area contributed by atoms with E-state index in [9.17, 15) is 13.5 Å².